The van der Waals surface area contributed by atoms with E-state index in [1.807, 2.05) is 6.92 Å². The van der Waals surface area contributed by atoms with Gasteiger partial charge in [0.25, 0.3) is 0 Å². The number of aryl methyl sites for hydroxylation is 1. The van der Waals surface area contributed by atoms with Crippen molar-refractivity contribution in [2.45, 2.75) is 13.8 Å². The Morgan fingerprint density at radius 2 is 2.18 bits per heavy atom. The molecule has 17 heavy (non-hydrogen) atoms. The van der Waals surface area contributed by atoms with Crippen LogP contribution in [0.3, 0.4) is 0 Å². The number of ether oxygens (including phenoxy) is 1. The third-order valence-electron chi connectivity index (χ3n) is 3.30. The molecule has 1 saturated heterocycles. The number of benzene rings is 1. The van der Waals surface area contributed by atoms with E-state index in [4.69, 9.17) is 4.74 Å². The van der Waals surface area contributed by atoms with Crippen LogP contribution < -0.4 is 15.0 Å². The van der Waals surface area contributed by atoms with Gasteiger partial charge in [-0.05, 0) is 37.6 Å². The molecule has 0 bridgehead atoms. The molecule has 1 heterocycles. The Balaban J connectivity index is 2.02. The smallest absolute Gasteiger partial charge is 0.122 e. The fourth-order valence-corrected chi connectivity index (χ4v) is 2.16. The van der Waals surface area contributed by atoms with Crippen LogP contribution in [0.2, 0.25) is 0 Å². The van der Waals surface area contributed by atoms with Crippen LogP contribution >= 0.6 is 0 Å². The lowest BCUT2D eigenvalue weighted by molar-refractivity contribution is 0.337. The highest BCUT2D eigenvalue weighted by Crippen LogP contribution is 2.24. The Bertz CT molecular complexity index is 374. The molecule has 1 aromatic rings. The van der Waals surface area contributed by atoms with E-state index in [0.29, 0.717) is 0 Å². The summed E-state index contributed by atoms with van der Waals surface area (Å²) in [5.74, 6) is 1.79. The Hall–Kier alpha value is -1.22. The highest BCUT2D eigenvalue weighted by atomic mass is 16.5. The molecule has 0 spiro atoms. The number of nitrogens with one attached hydrogen (secondary N) is 1. The molecule has 0 amide bonds. The highest BCUT2D eigenvalue weighted by molar-refractivity contribution is 5.52. The van der Waals surface area contributed by atoms with Crippen LogP contribution in [0.15, 0.2) is 18.2 Å². The first kappa shape index (κ1) is 12.2. The van der Waals surface area contributed by atoms with Crippen molar-refractivity contribution in [3.05, 3.63) is 23.8 Å². The van der Waals surface area contributed by atoms with E-state index < -0.39 is 0 Å². The Morgan fingerprint density at radius 3 is 2.71 bits per heavy atom. The van der Waals surface area contributed by atoms with Gasteiger partial charge < -0.3 is 15.0 Å². The lowest BCUT2D eigenvalue weighted by Crippen LogP contribution is -2.47. The van der Waals surface area contributed by atoms with Crippen molar-refractivity contribution >= 4 is 5.69 Å². The fourth-order valence-electron chi connectivity index (χ4n) is 2.16. The molecule has 0 aromatic heterocycles. The van der Waals surface area contributed by atoms with Crippen molar-refractivity contribution in [3.63, 3.8) is 0 Å². The van der Waals surface area contributed by atoms with Gasteiger partial charge >= 0.3 is 0 Å². The summed E-state index contributed by atoms with van der Waals surface area (Å²) in [4.78, 5) is 2.33. The van der Waals surface area contributed by atoms with Crippen LogP contribution in [0.25, 0.3) is 0 Å². The maximum Gasteiger partial charge on any atom is 0.122 e. The van der Waals surface area contributed by atoms with Crippen molar-refractivity contribution in [2.75, 3.05) is 38.2 Å². The molecule has 0 aliphatic carbocycles. The minimum Gasteiger partial charge on any atom is -0.494 e. The molecule has 1 aliphatic heterocycles. The third kappa shape index (κ3) is 2.91. The Labute approximate surface area is 104 Å². The van der Waals surface area contributed by atoms with Crippen LogP contribution in [0.5, 0.6) is 5.75 Å². The molecule has 1 N–H and O–H groups in total. The monoisotopic (exact) mass is 234 g/mol. The Kier molecular flexibility index (Phi) is 3.89. The minimum absolute atomic E-state index is 0.726. The van der Waals surface area contributed by atoms with Crippen molar-refractivity contribution < 1.29 is 4.74 Å². The first-order valence-corrected chi connectivity index (χ1v) is 6.36. The van der Waals surface area contributed by atoms with Gasteiger partial charge in [0, 0.05) is 38.3 Å². The lowest BCUT2D eigenvalue weighted by Gasteiger charge is -2.32. The quantitative estimate of drug-likeness (QED) is 0.844. The highest BCUT2D eigenvalue weighted by Gasteiger charge is 2.18. The first-order valence-electron chi connectivity index (χ1n) is 6.36. The molecule has 2 rings (SSSR count). The van der Waals surface area contributed by atoms with E-state index in [1.54, 1.807) is 0 Å². The van der Waals surface area contributed by atoms with Crippen LogP contribution in [0, 0.1) is 12.8 Å². The Morgan fingerprint density at radius 1 is 1.41 bits per heavy atom. The van der Waals surface area contributed by atoms with Gasteiger partial charge in [-0.15, -0.1) is 0 Å². The van der Waals surface area contributed by atoms with Crippen molar-refractivity contribution in [2.24, 2.45) is 5.92 Å². The van der Waals surface area contributed by atoms with E-state index in [1.165, 1.54) is 11.3 Å². The summed E-state index contributed by atoms with van der Waals surface area (Å²) in [6.45, 7) is 8.28. The summed E-state index contributed by atoms with van der Waals surface area (Å²) in [5.41, 5.74) is 2.49. The predicted molar refractivity (Wildman–Crippen MR) is 72.0 cm³/mol. The average Bonchev–Trinajstić information content (AvgIpc) is 2.26. The standard InChI is InChI=1S/C14H22N2O/c1-4-17-14-6-5-13(7-11(14)2)16(3)10-12-8-15-9-12/h5-7,12,15H,4,8-10H2,1-3H3. The van der Waals surface area contributed by atoms with E-state index >= 15 is 0 Å². The summed E-state index contributed by atoms with van der Waals surface area (Å²) in [5, 5.41) is 3.31. The van der Waals surface area contributed by atoms with Gasteiger partial charge in [0.05, 0.1) is 6.61 Å². The van der Waals surface area contributed by atoms with Crippen LogP contribution in [0.4, 0.5) is 5.69 Å². The predicted octanol–water partition coefficient (Wildman–Crippen LogP) is 2.05. The second kappa shape index (κ2) is 5.41. The minimum atomic E-state index is 0.726. The number of nitrogens with zero attached hydrogens (tertiary/aromatic N) is 1. The lowest BCUT2D eigenvalue weighted by atomic mass is 10.0. The third-order valence-corrected chi connectivity index (χ3v) is 3.30. The normalized spacial score (nSPS) is 15.5. The summed E-state index contributed by atoms with van der Waals surface area (Å²) in [6.07, 6.45) is 0. The van der Waals surface area contributed by atoms with Crippen LogP contribution in [0.1, 0.15) is 12.5 Å². The largest absolute Gasteiger partial charge is 0.494 e. The van der Waals surface area contributed by atoms with E-state index in [0.717, 1.165) is 37.9 Å². The molecule has 0 unspecified atom stereocenters. The molecule has 1 fully saturated rings. The zero-order valence-corrected chi connectivity index (χ0v) is 11.0. The van der Waals surface area contributed by atoms with Gasteiger partial charge in [0.2, 0.25) is 0 Å². The average molecular weight is 234 g/mol. The molecule has 0 radical (unpaired) electrons. The first-order chi connectivity index (χ1) is 8.20. The van der Waals surface area contributed by atoms with Crippen molar-refractivity contribution in [3.8, 4) is 5.75 Å². The molecular weight excluding hydrogens is 212 g/mol. The zero-order chi connectivity index (χ0) is 12.3. The molecule has 3 heteroatoms. The number of hydrogen-bond donors (Lipinski definition) is 1. The zero-order valence-electron chi connectivity index (χ0n) is 11.0. The fraction of sp³-hybridized carbons (Fsp3) is 0.571. The molecule has 0 saturated carbocycles. The van der Waals surface area contributed by atoms with Crippen molar-refractivity contribution in [1.82, 2.24) is 5.32 Å². The van der Waals surface area contributed by atoms with Crippen molar-refractivity contribution in [1.29, 1.82) is 0 Å². The van der Waals surface area contributed by atoms with E-state index in [-0.39, 0.29) is 0 Å². The summed E-state index contributed by atoms with van der Waals surface area (Å²) < 4.78 is 5.56. The van der Waals surface area contributed by atoms with Gasteiger partial charge in [-0.25, -0.2) is 0 Å². The molecule has 1 aromatic carbocycles. The van der Waals surface area contributed by atoms with Gasteiger partial charge in [0.1, 0.15) is 5.75 Å². The van der Waals surface area contributed by atoms with Gasteiger partial charge in [0.15, 0.2) is 0 Å². The van der Waals surface area contributed by atoms with Gasteiger partial charge in [-0.2, -0.15) is 0 Å². The molecule has 1 aliphatic rings. The van der Waals surface area contributed by atoms with Crippen LogP contribution in [-0.2, 0) is 0 Å². The number of hydrogen-bond acceptors (Lipinski definition) is 3. The second-order valence-corrected chi connectivity index (χ2v) is 4.79. The molecular formula is C14H22N2O. The molecule has 3 nitrogen and oxygen atoms in total. The summed E-state index contributed by atoms with van der Waals surface area (Å²) in [7, 11) is 2.16. The maximum absolute atomic E-state index is 5.56. The number of rotatable bonds is 5. The SMILES string of the molecule is CCOc1ccc(N(C)CC2CNC2)cc1C. The topological polar surface area (TPSA) is 24.5 Å². The molecule has 0 atom stereocenters. The van der Waals surface area contributed by atoms with Gasteiger partial charge in [-0.3, -0.25) is 0 Å². The van der Waals surface area contributed by atoms with Gasteiger partial charge in [-0.1, -0.05) is 0 Å². The summed E-state index contributed by atoms with van der Waals surface area (Å²) >= 11 is 0. The summed E-state index contributed by atoms with van der Waals surface area (Å²) in [6, 6.07) is 6.42. The number of anilines is 1. The second-order valence-electron chi connectivity index (χ2n) is 4.79. The van der Waals surface area contributed by atoms with E-state index in [9.17, 15) is 0 Å². The van der Waals surface area contributed by atoms with E-state index in [2.05, 4.69) is 42.4 Å². The van der Waals surface area contributed by atoms with Crippen LogP contribution in [-0.4, -0.2) is 33.3 Å². The maximum atomic E-state index is 5.56. The molecule has 94 valence electrons.